The molecular weight excluding hydrogens is 280 g/mol. The summed E-state index contributed by atoms with van der Waals surface area (Å²) in [7, 11) is 0.167. The van der Waals surface area contributed by atoms with Gasteiger partial charge < -0.3 is 14.8 Å². The molecule has 1 aliphatic heterocycles. The second-order valence-electron chi connectivity index (χ2n) is 5.37. The Labute approximate surface area is 122 Å². The highest BCUT2D eigenvalue weighted by atomic mass is 32.2. The number of piperidine rings is 1. The van der Waals surface area contributed by atoms with Crippen LogP contribution >= 0.6 is 0 Å². The third kappa shape index (κ3) is 5.29. The fraction of sp³-hybridized carbons (Fsp3) is 1.00. The minimum absolute atomic E-state index is 0.0829. The summed E-state index contributed by atoms with van der Waals surface area (Å²) in [6, 6.07) is 0.0829. The molecule has 7 heteroatoms. The van der Waals surface area contributed by atoms with Gasteiger partial charge >= 0.3 is 0 Å². The smallest absolute Gasteiger partial charge is 0.211 e. The maximum atomic E-state index is 11.7. The second kappa shape index (κ2) is 8.29. The molecule has 20 heavy (non-hydrogen) atoms. The zero-order chi connectivity index (χ0) is 15.2. The number of hydrogen-bond donors (Lipinski definition) is 1. The Kier molecular flexibility index (Phi) is 7.39. The number of sulfonamides is 1. The molecule has 0 bridgehead atoms. The molecule has 0 spiro atoms. The van der Waals surface area contributed by atoms with Gasteiger partial charge in [0.2, 0.25) is 10.0 Å². The van der Waals surface area contributed by atoms with Crippen molar-refractivity contribution >= 4 is 10.0 Å². The summed E-state index contributed by atoms with van der Waals surface area (Å²) < 4.78 is 35.5. The van der Waals surface area contributed by atoms with Gasteiger partial charge in [0.25, 0.3) is 0 Å². The number of hydrogen-bond acceptors (Lipinski definition) is 5. The SMILES string of the molecule is CCNC(CC1CCCN(S(C)(=O)=O)C1)C(OC)OC. The van der Waals surface area contributed by atoms with E-state index in [0.29, 0.717) is 19.0 Å². The van der Waals surface area contributed by atoms with Crippen LogP contribution in [-0.4, -0.2) is 65.2 Å². The van der Waals surface area contributed by atoms with E-state index in [1.54, 1.807) is 18.5 Å². The zero-order valence-electron chi connectivity index (χ0n) is 13.0. The van der Waals surface area contributed by atoms with E-state index in [9.17, 15) is 8.42 Å². The van der Waals surface area contributed by atoms with E-state index in [1.165, 1.54) is 6.26 Å². The molecule has 120 valence electrons. The first kappa shape index (κ1) is 17.8. The van der Waals surface area contributed by atoms with Crippen LogP contribution in [0, 0.1) is 5.92 Å². The van der Waals surface area contributed by atoms with Crippen LogP contribution in [0.1, 0.15) is 26.2 Å². The number of methoxy groups -OCH3 is 2. The number of likely N-dealkylation sites (N-methyl/N-ethyl adjacent to an activating group) is 1. The first-order chi connectivity index (χ1) is 9.42. The van der Waals surface area contributed by atoms with Gasteiger partial charge in [0.15, 0.2) is 6.29 Å². The van der Waals surface area contributed by atoms with Crippen molar-refractivity contribution in [2.45, 2.75) is 38.5 Å². The van der Waals surface area contributed by atoms with Gasteiger partial charge in [0.05, 0.1) is 12.3 Å². The summed E-state index contributed by atoms with van der Waals surface area (Å²) in [5.41, 5.74) is 0. The highest BCUT2D eigenvalue weighted by Crippen LogP contribution is 2.24. The van der Waals surface area contributed by atoms with Crippen molar-refractivity contribution in [2.75, 3.05) is 40.1 Å². The maximum Gasteiger partial charge on any atom is 0.211 e. The third-order valence-electron chi connectivity index (χ3n) is 3.80. The topological polar surface area (TPSA) is 67.9 Å². The van der Waals surface area contributed by atoms with Gasteiger partial charge in [-0.2, -0.15) is 0 Å². The summed E-state index contributed by atoms with van der Waals surface area (Å²) in [5, 5.41) is 3.37. The molecule has 2 unspecified atom stereocenters. The Morgan fingerprint density at radius 2 is 2.00 bits per heavy atom. The van der Waals surface area contributed by atoms with Gasteiger partial charge in [-0.1, -0.05) is 6.92 Å². The van der Waals surface area contributed by atoms with Gasteiger partial charge in [-0.25, -0.2) is 12.7 Å². The first-order valence-electron chi connectivity index (χ1n) is 7.16. The molecule has 0 aromatic heterocycles. The normalized spacial score (nSPS) is 23.1. The standard InChI is InChI=1S/C13H28N2O4S/c1-5-14-12(13(18-2)19-3)9-11-7-6-8-15(10-11)20(4,16)17/h11-14H,5-10H2,1-4H3. The lowest BCUT2D eigenvalue weighted by molar-refractivity contribution is -0.126. The number of ether oxygens (including phenoxy) is 2. The molecule has 1 heterocycles. The van der Waals surface area contributed by atoms with Gasteiger partial charge in [-0.3, -0.25) is 0 Å². The van der Waals surface area contributed by atoms with Gasteiger partial charge in [0.1, 0.15) is 0 Å². The molecule has 0 aliphatic carbocycles. The van der Waals surface area contributed by atoms with E-state index in [1.807, 2.05) is 6.92 Å². The quantitative estimate of drug-likeness (QED) is 0.667. The first-order valence-corrected chi connectivity index (χ1v) is 9.01. The fourth-order valence-corrected chi connectivity index (χ4v) is 3.80. The molecule has 1 aliphatic rings. The zero-order valence-corrected chi connectivity index (χ0v) is 13.8. The summed E-state index contributed by atoms with van der Waals surface area (Å²) in [5.74, 6) is 0.343. The summed E-state index contributed by atoms with van der Waals surface area (Å²) in [4.78, 5) is 0. The monoisotopic (exact) mass is 308 g/mol. The predicted molar refractivity (Wildman–Crippen MR) is 79.0 cm³/mol. The number of nitrogens with zero attached hydrogens (tertiary/aromatic N) is 1. The molecule has 2 atom stereocenters. The van der Waals surface area contributed by atoms with E-state index in [2.05, 4.69) is 5.32 Å². The number of rotatable bonds is 8. The molecule has 0 radical (unpaired) electrons. The van der Waals surface area contributed by atoms with Crippen LogP contribution in [0.15, 0.2) is 0 Å². The summed E-state index contributed by atoms with van der Waals surface area (Å²) in [6.07, 6.45) is 3.80. The van der Waals surface area contributed by atoms with E-state index in [-0.39, 0.29) is 12.3 Å². The highest BCUT2D eigenvalue weighted by Gasteiger charge is 2.30. The molecular formula is C13H28N2O4S. The van der Waals surface area contributed by atoms with E-state index >= 15 is 0 Å². The summed E-state index contributed by atoms with van der Waals surface area (Å²) >= 11 is 0. The van der Waals surface area contributed by atoms with Crippen molar-refractivity contribution in [3.8, 4) is 0 Å². The summed E-state index contributed by atoms with van der Waals surface area (Å²) in [6.45, 7) is 4.11. The predicted octanol–water partition coefficient (Wildman–Crippen LogP) is 0.645. The van der Waals surface area contributed by atoms with E-state index < -0.39 is 10.0 Å². The molecule has 0 aromatic rings. The average Bonchev–Trinajstić information content (AvgIpc) is 2.39. The Balaban J connectivity index is 2.63. The lowest BCUT2D eigenvalue weighted by Gasteiger charge is -2.34. The van der Waals surface area contributed by atoms with Gasteiger partial charge in [0, 0.05) is 27.3 Å². The van der Waals surface area contributed by atoms with Crippen LogP contribution in [0.2, 0.25) is 0 Å². The molecule has 1 fully saturated rings. The van der Waals surface area contributed by atoms with Crippen molar-refractivity contribution in [3.05, 3.63) is 0 Å². The Bertz CT molecular complexity index is 371. The van der Waals surface area contributed by atoms with Crippen molar-refractivity contribution in [3.63, 3.8) is 0 Å². The van der Waals surface area contributed by atoms with Crippen molar-refractivity contribution in [1.82, 2.24) is 9.62 Å². The fourth-order valence-electron chi connectivity index (χ4n) is 2.86. The maximum absolute atomic E-state index is 11.7. The molecule has 0 amide bonds. The van der Waals surface area contributed by atoms with Crippen molar-refractivity contribution < 1.29 is 17.9 Å². The van der Waals surface area contributed by atoms with Crippen LogP contribution in [0.3, 0.4) is 0 Å². The van der Waals surface area contributed by atoms with Crippen LogP contribution in [0.5, 0.6) is 0 Å². The van der Waals surface area contributed by atoms with Crippen LogP contribution in [0.25, 0.3) is 0 Å². The third-order valence-corrected chi connectivity index (χ3v) is 5.07. The molecule has 0 aromatic carbocycles. The van der Waals surface area contributed by atoms with Crippen molar-refractivity contribution in [2.24, 2.45) is 5.92 Å². The lowest BCUT2D eigenvalue weighted by Crippen LogP contribution is -2.46. The minimum atomic E-state index is -3.09. The Hall–Kier alpha value is -0.210. The average molecular weight is 308 g/mol. The van der Waals surface area contributed by atoms with Gasteiger partial charge in [-0.15, -0.1) is 0 Å². The molecule has 1 saturated heterocycles. The van der Waals surface area contributed by atoms with Crippen LogP contribution in [-0.2, 0) is 19.5 Å². The van der Waals surface area contributed by atoms with Crippen molar-refractivity contribution in [1.29, 1.82) is 0 Å². The lowest BCUT2D eigenvalue weighted by atomic mass is 9.92. The van der Waals surface area contributed by atoms with E-state index in [0.717, 1.165) is 25.8 Å². The Morgan fingerprint density at radius 3 is 2.50 bits per heavy atom. The molecule has 6 nitrogen and oxygen atoms in total. The second-order valence-corrected chi connectivity index (χ2v) is 7.35. The molecule has 1 N–H and O–H groups in total. The molecule has 1 rings (SSSR count). The van der Waals surface area contributed by atoms with E-state index in [4.69, 9.17) is 9.47 Å². The largest absolute Gasteiger partial charge is 0.354 e. The van der Waals surface area contributed by atoms with Crippen LogP contribution in [0.4, 0.5) is 0 Å². The van der Waals surface area contributed by atoms with Crippen LogP contribution < -0.4 is 5.32 Å². The molecule has 0 saturated carbocycles. The minimum Gasteiger partial charge on any atom is -0.354 e. The number of nitrogens with one attached hydrogen (secondary N) is 1. The Morgan fingerprint density at radius 1 is 1.35 bits per heavy atom. The van der Waals surface area contributed by atoms with Gasteiger partial charge in [-0.05, 0) is 31.7 Å². The highest BCUT2D eigenvalue weighted by molar-refractivity contribution is 7.88.